The van der Waals surface area contributed by atoms with Crippen molar-refractivity contribution in [2.45, 2.75) is 45.6 Å². The molecule has 1 aliphatic heterocycles. The lowest BCUT2D eigenvalue weighted by Gasteiger charge is -2.27. The maximum atomic E-state index is 13.5. The molecular formula is C30H31FN2O2S. The van der Waals surface area contributed by atoms with E-state index < -0.39 is 10.0 Å². The van der Waals surface area contributed by atoms with E-state index >= 15 is 0 Å². The van der Waals surface area contributed by atoms with Gasteiger partial charge in [-0.1, -0.05) is 42.5 Å². The van der Waals surface area contributed by atoms with Crippen molar-refractivity contribution < 1.29 is 12.8 Å². The molecule has 0 spiro atoms. The van der Waals surface area contributed by atoms with Crippen LogP contribution in [-0.2, 0) is 16.6 Å². The Labute approximate surface area is 212 Å². The first-order valence-corrected chi connectivity index (χ1v) is 13.7. The predicted octanol–water partition coefficient (Wildman–Crippen LogP) is 6.54. The van der Waals surface area contributed by atoms with Gasteiger partial charge < -0.3 is 4.57 Å². The van der Waals surface area contributed by atoms with E-state index in [2.05, 4.69) is 29.7 Å². The number of fused-ring (bicyclic) bond motifs is 1. The number of halogens is 1. The zero-order chi connectivity index (χ0) is 25.6. The van der Waals surface area contributed by atoms with Gasteiger partial charge in [0.2, 0.25) is 10.0 Å². The molecule has 3 aromatic carbocycles. The monoisotopic (exact) mass is 502 g/mol. The average Bonchev–Trinajstić information content (AvgIpc) is 3.14. The van der Waals surface area contributed by atoms with Gasteiger partial charge in [0, 0.05) is 41.8 Å². The summed E-state index contributed by atoms with van der Waals surface area (Å²) < 4.78 is 44.3. The number of aromatic nitrogens is 1. The van der Waals surface area contributed by atoms with Crippen LogP contribution in [0.1, 0.15) is 39.9 Å². The summed E-state index contributed by atoms with van der Waals surface area (Å²) in [4.78, 5) is 0.398. The largest absolute Gasteiger partial charge is 0.340 e. The van der Waals surface area contributed by atoms with Crippen LogP contribution in [0.2, 0.25) is 0 Å². The van der Waals surface area contributed by atoms with Crippen LogP contribution in [0.25, 0.3) is 16.5 Å². The normalized spacial score (nSPS) is 14.9. The zero-order valence-electron chi connectivity index (χ0n) is 21.2. The van der Waals surface area contributed by atoms with Crippen molar-refractivity contribution in [3.8, 4) is 0 Å². The molecule has 6 heteroatoms. The smallest absolute Gasteiger partial charge is 0.243 e. The van der Waals surface area contributed by atoms with E-state index in [0.717, 1.165) is 38.9 Å². The Bertz CT molecular complexity index is 1600. The molecule has 0 radical (unpaired) electrons. The highest BCUT2D eigenvalue weighted by Gasteiger charge is 2.29. The van der Waals surface area contributed by atoms with E-state index in [1.165, 1.54) is 23.3 Å². The van der Waals surface area contributed by atoms with Crippen LogP contribution < -0.4 is 0 Å². The number of hydrogen-bond donors (Lipinski definition) is 0. The van der Waals surface area contributed by atoms with Crippen LogP contribution >= 0.6 is 0 Å². The molecular weight excluding hydrogens is 471 g/mol. The van der Waals surface area contributed by atoms with Crippen molar-refractivity contribution in [1.82, 2.24) is 8.87 Å². The molecule has 4 nitrogen and oxygen atoms in total. The SMILES string of the molecule is Cc1cc(C)c(S(=O)(=O)N2CC=C(c3c(C)n(Cc4ccc(F)cc4)c4ccccc34)CC2)cc1C. The van der Waals surface area contributed by atoms with Crippen LogP contribution in [0.15, 0.2) is 71.6 Å². The van der Waals surface area contributed by atoms with Crippen molar-refractivity contribution in [2.24, 2.45) is 0 Å². The second-order valence-corrected chi connectivity index (χ2v) is 11.6. The Morgan fingerprint density at radius 1 is 0.889 bits per heavy atom. The number of aryl methyl sites for hydroxylation is 3. The Morgan fingerprint density at radius 3 is 2.28 bits per heavy atom. The molecule has 0 unspecified atom stereocenters. The molecule has 186 valence electrons. The van der Waals surface area contributed by atoms with Crippen LogP contribution in [0, 0.1) is 33.5 Å². The van der Waals surface area contributed by atoms with Gasteiger partial charge in [0.05, 0.1) is 4.90 Å². The van der Waals surface area contributed by atoms with Gasteiger partial charge in [-0.15, -0.1) is 0 Å². The second-order valence-electron chi connectivity index (χ2n) is 9.73. The van der Waals surface area contributed by atoms with Crippen molar-refractivity contribution in [3.63, 3.8) is 0 Å². The van der Waals surface area contributed by atoms with Gasteiger partial charge in [-0.3, -0.25) is 0 Å². The molecule has 0 fully saturated rings. The van der Waals surface area contributed by atoms with E-state index in [-0.39, 0.29) is 5.82 Å². The van der Waals surface area contributed by atoms with Crippen LogP contribution in [0.5, 0.6) is 0 Å². The molecule has 5 rings (SSSR count). The summed E-state index contributed by atoms with van der Waals surface area (Å²) in [7, 11) is -3.58. The number of hydrogen-bond acceptors (Lipinski definition) is 2. The predicted molar refractivity (Wildman–Crippen MR) is 144 cm³/mol. The summed E-state index contributed by atoms with van der Waals surface area (Å²) in [5.41, 5.74) is 8.50. The third-order valence-electron chi connectivity index (χ3n) is 7.39. The topological polar surface area (TPSA) is 42.3 Å². The first-order chi connectivity index (χ1) is 17.2. The van der Waals surface area contributed by atoms with Crippen molar-refractivity contribution in [2.75, 3.05) is 13.1 Å². The Hall–Kier alpha value is -3.22. The molecule has 0 saturated carbocycles. The Morgan fingerprint density at radius 2 is 1.58 bits per heavy atom. The summed E-state index contributed by atoms with van der Waals surface area (Å²) >= 11 is 0. The fourth-order valence-corrected chi connectivity index (χ4v) is 6.93. The van der Waals surface area contributed by atoms with E-state index in [1.54, 1.807) is 10.4 Å². The van der Waals surface area contributed by atoms with Gasteiger partial charge in [0.15, 0.2) is 0 Å². The lowest BCUT2D eigenvalue weighted by molar-refractivity contribution is 0.441. The van der Waals surface area contributed by atoms with E-state index in [9.17, 15) is 12.8 Å². The van der Waals surface area contributed by atoms with Gasteiger partial charge in [0.25, 0.3) is 0 Å². The minimum atomic E-state index is -3.58. The molecule has 0 aliphatic carbocycles. The van der Waals surface area contributed by atoms with Gasteiger partial charge in [-0.2, -0.15) is 4.31 Å². The molecule has 0 amide bonds. The zero-order valence-corrected chi connectivity index (χ0v) is 22.0. The van der Waals surface area contributed by atoms with E-state index in [4.69, 9.17) is 0 Å². The lowest BCUT2D eigenvalue weighted by atomic mass is 9.97. The maximum Gasteiger partial charge on any atom is 0.243 e. The fraction of sp³-hybridized carbons (Fsp3) is 0.267. The van der Waals surface area contributed by atoms with Crippen molar-refractivity contribution in [1.29, 1.82) is 0 Å². The third-order valence-corrected chi connectivity index (χ3v) is 9.39. The summed E-state index contributed by atoms with van der Waals surface area (Å²) in [5, 5.41) is 1.16. The van der Waals surface area contributed by atoms with Crippen LogP contribution in [0.4, 0.5) is 4.39 Å². The van der Waals surface area contributed by atoms with Gasteiger partial charge in [-0.25, -0.2) is 12.8 Å². The molecule has 0 saturated heterocycles. The minimum absolute atomic E-state index is 0.239. The highest BCUT2D eigenvalue weighted by Crippen LogP contribution is 2.36. The first kappa shape index (κ1) is 24.5. The minimum Gasteiger partial charge on any atom is -0.340 e. The first-order valence-electron chi connectivity index (χ1n) is 12.3. The molecule has 2 heterocycles. The van der Waals surface area contributed by atoms with Crippen molar-refractivity contribution in [3.05, 3.63) is 106 Å². The summed E-state index contributed by atoms with van der Waals surface area (Å²) in [5.74, 6) is -0.239. The number of para-hydroxylation sites is 1. The van der Waals surface area contributed by atoms with Gasteiger partial charge in [0.1, 0.15) is 5.82 Å². The van der Waals surface area contributed by atoms with Crippen molar-refractivity contribution >= 4 is 26.5 Å². The quantitative estimate of drug-likeness (QED) is 0.311. The fourth-order valence-electron chi connectivity index (χ4n) is 5.26. The molecule has 4 aromatic rings. The lowest BCUT2D eigenvalue weighted by Crippen LogP contribution is -2.35. The van der Waals surface area contributed by atoms with Gasteiger partial charge >= 0.3 is 0 Å². The van der Waals surface area contributed by atoms with E-state index in [0.29, 0.717) is 31.0 Å². The highest BCUT2D eigenvalue weighted by atomic mass is 32.2. The molecule has 1 aromatic heterocycles. The summed E-state index contributed by atoms with van der Waals surface area (Å²) in [6, 6.07) is 18.7. The average molecular weight is 503 g/mol. The number of sulfonamides is 1. The van der Waals surface area contributed by atoms with Gasteiger partial charge in [-0.05, 0) is 86.2 Å². The third kappa shape index (κ3) is 4.29. The molecule has 36 heavy (non-hydrogen) atoms. The number of benzene rings is 3. The Balaban J connectivity index is 1.49. The van der Waals surface area contributed by atoms with Crippen LogP contribution in [-0.4, -0.2) is 30.4 Å². The highest BCUT2D eigenvalue weighted by molar-refractivity contribution is 7.89. The molecule has 0 bridgehead atoms. The Kier molecular flexibility index (Phi) is 6.35. The summed E-state index contributed by atoms with van der Waals surface area (Å²) in [6.45, 7) is 9.37. The second kappa shape index (κ2) is 9.34. The maximum absolute atomic E-state index is 13.5. The number of nitrogens with zero attached hydrogens (tertiary/aromatic N) is 2. The molecule has 0 atom stereocenters. The standard InChI is InChI=1S/C30H31FN2O2S/c1-20-17-22(3)29(18-21(20)2)36(34,35)32-15-13-25(14-16-32)30-23(4)33(28-8-6-5-7-27(28)30)19-24-9-11-26(31)12-10-24/h5-13,17-18H,14-16,19H2,1-4H3. The number of rotatable bonds is 5. The van der Waals surface area contributed by atoms with Crippen LogP contribution in [0.3, 0.4) is 0 Å². The molecule has 1 aliphatic rings. The summed E-state index contributed by atoms with van der Waals surface area (Å²) in [6.07, 6.45) is 2.71. The molecule has 0 N–H and O–H groups in total. The van der Waals surface area contributed by atoms with E-state index in [1.807, 2.05) is 51.1 Å².